The van der Waals surface area contributed by atoms with Crippen LogP contribution in [0.15, 0.2) is 39.8 Å². The second-order valence-corrected chi connectivity index (χ2v) is 10.6. The maximum Gasteiger partial charge on any atom is 0.276 e. The van der Waals surface area contributed by atoms with E-state index in [-0.39, 0.29) is 16.7 Å². The molecule has 10 nitrogen and oxygen atoms in total. The summed E-state index contributed by atoms with van der Waals surface area (Å²) < 4.78 is 32.0. The van der Waals surface area contributed by atoms with Gasteiger partial charge in [-0.3, -0.25) is 14.5 Å². The number of nitrogens with one attached hydrogen (secondary N) is 1. The smallest absolute Gasteiger partial charge is 0.276 e. The number of hydrogen-bond acceptors (Lipinski definition) is 7. The van der Waals surface area contributed by atoms with E-state index in [9.17, 15) is 18.0 Å². The Balaban J connectivity index is 1.21. The van der Waals surface area contributed by atoms with Crippen LogP contribution >= 0.6 is 0 Å². The fourth-order valence-corrected chi connectivity index (χ4v) is 5.78. The predicted octanol–water partition coefficient (Wildman–Crippen LogP) is 1.35. The average molecular weight is 490 g/mol. The molecule has 2 aromatic rings. The third-order valence-corrected chi connectivity index (χ3v) is 8.20. The van der Waals surface area contributed by atoms with Gasteiger partial charge in [0.25, 0.3) is 11.8 Å². The van der Waals surface area contributed by atoms with Crippen molar-refractivity contribution in [3.63, 3.8) is 0 Å². The third-order valence-electron chi connectivity index (χ3n) is 6.29. The molecule has 0 aliphatic carbocycles. The van der Waals surface area contributed by atoms with E-state index in [2.05, 4.69) is 15.4 Å². The molecule has 2 aliphatic rings. The molecule has 1 N–H and O–H groups in total. The summed E-state index contributed by atoms with van der Waals surface area (Å²) in [5, 5.41) is 6.67. The van der Waals surface area contributed by atoms with E-state index in [1.807, 2.05) is 0 Å². The van der Waals surface area contributed by atoms with Crippen molar-refractivity contribution in [3.05, 3.63) is 47.3 Å². The largest absolute Gasteiger partial charge is 0.361 e. The van der Waals surface area contributed by atoms with Crippen LogP contribution in [-0.2, 0) is 10.0 Å². The average Bonchev–Trinajstić information content (AvgIpc) is 3.31. The highest BCUT2D eigenvalue weighted by Crippen LogP contribution is 2.21. The highest BCUT2D eigenvalue weighted by Gasteiger charge is 2.26. The minimum atomic E-state index is -3.51. The minimum absolute atomic E-state index is 0.129. The van der Waals surface area contributed by atoms with Crippen LogP contribution in [0.4, 0.5) is 0 Å². The molecule has 0 bridgehead atoms. The van der Waals surface area contributed by atoms with Crippen LogP contribution in [0.5, 0.6) is 0 Å². The first-order valence-electron chi connectivity index (χ1n) is 11.7. The summed E-state index contributed by atoms with van der Waals surface area (Å²) in [4.78, 5) is 29.1. The van der Waals surface area contributed by atoms with Crippen molar-refractivity contribution in [3.8, 4) is 0 Å². The number of aryl methyl sites for hydroxylation is 1. The van der Waals surface area contributed by atoms with Gasteiger partial charge in [-0.2, -0.15) is 4.31 Å². The number of carbonyl (C=O) groups excluding carboxylic acids is 2. The molecule has 2 fully saturated rings. The topological polar surface area (TPSA) is 116 Å². The Morgan fingerprint density at radius 1 is 1.00 bits per heavy atom. The number of amides is 2. The monoisotopic (exact) mass is 489 g/mol. The van der Waals surface area contributed by atoms with Crippen molar-refractivity contribution in [1.29, 1.82) is 0 Å². The van der Waals surface area contributed by atoms with E-state index in [4.69, 9.17) is 4.52 Å². The standard InChI is InChI=1S/C23H31N5O5S/c1-18-17-21(25-33-18)23(30)27-15-13-26(14-16-27)12-9-24-22(29)19-5-7-20(8-6-19)34(31,32)28-10-3-2-4-11-28/h5-8,17H,2-4,9-16H2,1H3,(H,24,29). The van der Waals surface area contributed by atoms with Gasteiger partial charge < -0.3 is 14.7 Å². The lowest BCUT2D eigenvalue weighted by atomic mass is 10.2. The van der Waals surface area contributed by atoms with Gasteiger partial charge in [0.15, 0.2) is 5.69 Å². The molecule has 0 atom stereocenters. The molecule has 4 rings (SSSR count). The summed E-state index contributed by atoms with van der Waals surface area (Å²) in [5.41, 5.74) is 0.754. The number of aromatic nitrogens is 1. The molecule has 11 heteroatoms. The third kappa shape index (κ3) is 5.65. The number of sulfonamides is 1. The van der Waals surface area contributed by atoms with Crippen LogP contribution in [0, 0.1) is 6.92 Å². The number of piperidine rings is 1. The quantitative estimate of drug-likeness (QED) is 0.624. The molecule has 2 amide bonds. The van der Waals surface area contributed by atoms with Crippen LogP contribution in [0.3, 0.4) is 0 Å². The molecule has 2 saturated heterocycles. The lowest BCUT2D eigenvalue weighted by molar-refractivity contribution is 0.0628. The number of benzene rings is 1. The molecule has 34 heavy (non-hydrogen) atoms. The van der Waals surface area contributed by atoms with Gasteiger partial charge in [-0.15, -0.1) is 0 Å². The van der Waals surface area contributed by atoms with Gasteiger partial charge in [0.2, 0.25) is 10.0 Å². The zero-order chi connectivity index (χ0) is 24.1. The Bertz CT molecular complexity index is 1100. The fraction of sp³-hybridized carbons (Fsp3) is 0.522. The molecule has 1 aromatic carbocycles. The molecular weight excluding hydrogens is 458 g/mol. The van der Waals surface area contributed by atoms with Gasteiger partial charge in [-0.25, -0.2) is 8.42 Å². The van der Waals surface area contributed by atoms with E-state index in [1.165, 1.54) is 16.4 Å². The molecule has 0 saturated carbocycles. The summed E-state index contributed by atoms with van der Waals surface area (Å²) in [7, 11) is -3.51. The number of nitrogens with zero attached hydrogens (tertiary/aromatic N) is 4. The summed E-state index contributed by atoms with van der Waals surface area (Å²) >= 11 is 0. The van der Waals surface area contributed by atoms with Gasteiger partial charge in [0.1, 0.15) is 5.76 Å². The first-order chi connectivity index (χ1) is 16.3. The molecular formula is C23H31N5O5S. The molecule has 3 heterocycles. The van der Waals surface area contributed by atoms with Crippen LogP contribution in [0.1, 0.15) is 45.9 Å². The van der Waals surface area contributed by atoms with Gasteiger partial charge in [0.05, 0.1) is 4.90 Å². The predicted molar refractivity (Wildman–Crippen MR) is 125 cm³/mol. The van der Waals surface area contributed by atoms with Crippen molar-refractivity contribution >= 4 is 21.8 Å². The van der Waals surface area contributed by atoms with E-state index in [1.54, 1.807) is 30.0 Å². The number of rotatable bonds is 7. The van der Waals surface area contributed by atoms with Crippen molar-refractivity contribution in [2.24, 2.45) is 0 Å². The molecule has 0 radical (unpaired) electrons. The molecule has 0 spiro atoms. The van der Waals surface area contributed by atoms with E-state index in [0.717, 1.165) is 19.3 Å². The normalized spacial score (nSPS) is 18.1. The Morgan fingerprint density at radius 2 is 1.68 bits per heavy atom. The highest BCUT2D eigenvalue weighted by molar-refractivity contribution is 7.89. The second kappa shape index (κ2) is 10.7. The summed E-state index contributed by atoms with van der Waals surface area (Å²) in [6.45, 7) is 6.57. The van der Waals surface area contributed by atoms with Crippen LogP contribution < -0.4 is 5.32 Å². The van der Waals surface area contributed by atoms with E-state index in [0.29, 0.717) is 69.4 Å². The first-order valence-corrected chi connectivity index (χ1v) is 13.1. The number of carbonyl (C=O) groups is 2. The molecule has 0 unspecified atom stereocenters. The van der Waals surface area contributed by atoms with Crippen LogP contribution in [-0.4, -0.2) is 91.9 Å². The van der Waals surface area contributed by atoms with Crippen molar-refractivity contribution < 1.29 is 22.5 Å². The maximum atomic E-state index is 12.7. The zero-order valence-corrected chi connectivity index (χ0v) is 20.2. The summed E-state index contributed by atoms with van der Waals surface area (Å²) in [6.07, 6.45) is 2.82. The first kappa shape index (κ1) is 24.4. The number of piperazine rings is 1. The highest BCUT2D eigenvalue weighted by atomic mass is 32.2. The van der Waals surface area contributed by atoms with Gasteiger partial charge in [-0.05, 0) is 44.0 Å². The lowest BCUT2D eigenvalue weighted by Crippen LogP contribution is -2.50. The molecule has 2 aliphatic heterocycles. The van der Waals surface area contributed by atoms with Crippen LogP contribution in [0.2, 0.25) is 0 Å². The minimum Gasteiger partial charge on any atom is -0.361 e. The SMILES string of the molecule is Cc1cc(C(=O)N2CCN(CCNC(=O)c3ccc(S(=O)(=O)N4CCCCC4)cc3)CC2)no1. The summed E-state index contributed by atoms with van der Waals surface area (Å²) in [5.74, 6) is 0.240. The van der Waals surface area contributed by atoms with E-state index >= 15 is 0 Å². The molecule has 1 aromatic heterocycles. The fourth-order valence-electron chi connectivity index (χ4n) is 4.27. The van der Waals surface area contributed by atoms with Gasteiger partial charge in [0, 0.05) is 64.0 Å². The Hall–Kier alpha value is -2.76. The van der Waals surface area contributed by atoms with Crippen molar-refractivity contribution in [1.82, 2.24) is 24.6 Å². The van der Waals surface area contributed by atoms with Gasteiger partial charge >= 0.3 is 0 Å². The van der Waals surface area contributed by atoms with Gasteiger partial charge in [-0.1, -0.05) is 11.6 Å². The Labute approximate surface area is 199 Å². The summed E-state index contributed by atoms with van der Waals surface area (Å²) in [6, 6.07) is 7.76. The second-order valence-electron chi connectivity index (χ2n) is 8.70. The number of hydrogen-bond donors (Lipinski definition) is 1. The zero-order valence-electron chi connectivity index (χ0n) is 19.4. The lowest BCUT2D eigenvalue weighted by Gasteiger charge is -2.34. The Morgan fingerprint density at radius 3 is 2.29 bits per heavy atom. The van der Waals surface area contributed by atoms with E-state index < -0.39 is 10.0 Å². The Kier molecular flexibility index (Phi) is 7.64. The maximum absolute atomic E-state index is 12.7. The van der Waals surface area contributed by atoms with Crippen LogP contribution in [0.25, 0.3) is 0 Å². The molecule has 184 valence electrons. The van der Waals surface area contributed by atoms with Crippen molar-refractivity contribution in [2.75, 3.05) is 52.4 Å². The van der Waals surface area contributed by atoms with Crippen molar-refractivity contribution in [2.45, 2.75) is 31.1 Å².